The normalized spacial score (nSPS) is 16.3. The maximum atomic E-state index is 14.0. The smallest absolute Gasteiger partial charge is 0.246 e. The Labute approximate surface area is 373 Å². The number of pyridine rings is 2. The highest BCUT2D eigenvalue weighted by atomic mass is 32.1. The Balaban J connectivity index is 0.857. The van der Waals surface area contributed by atoms with Gasteiger partial charge < -0.3 is 39.6 Å². The fourth-order valence-corrected chi connectivity index (χ4v) is 8.01. The number of aliphatic hydroxyl groups is 1. The lowest BCUT2D eigenvalue weighted by Crippen LogP contribution is -2.58. The van der Waals surface area contributed by atoms with Crippen molar-refractivity contribution in [1.82, 2.24) is 30.5 Å². The quantitative estimate of drug-likeness (QED) is 0.0745. The SMILES string of the molecule is Cc1cc(/C=C/c2ccc3cc(OCCOCCOCCOCC(=O)N[C@H](C(=O)N4C[C@H](O)C[C@H]4C(=O)N[C@@H](C)c4ccc(-c5scnc5C)cc4)C(C)(C)C)ccc3n2)ccn1. The topological polar surface area (TPSA) is 174 Å². The van der Waals surface area contributed by atoms with Crippen molar-refractivity contribution in [3.05, 3.63) is 107 Å². The third kappa shape index (κ3) is 13.5. The van der Waals surface area contributed by atoms with Crippen LogP contribution in [0.5, 0.6) is 5.75 Å². The van der Waals surface area contributed by atoms with Crippen LogP contribution in [-0.4, -0.2) is 114 Å². The predicted octanol–water partition coefficient (Wildman–Crippen LogP) is 6.34. The fourth-order valence-electron chi connectivity index (χ4n) is 7.20. The highest BCUT2D eigenvalue weighted by Gasteiger charge is 2.44. The van der Waals surface area contributed by atoms with Gasteiger partial charge in [0.1, 0.15) is 31.0 Å². The van der Waals surface area contributed by atoms with Crippen molar-refractivity contribution in [2.24, 2.45) is 5.41 Å². The Kier molecular flexibility index (Phi) is 16.5. The highest BCUT2D eigenvalue weighted by Crippen LogP contribution is 2.30. The zero-order chi connectivity index (χ0) is 44.9. The van der Waals surface area contributed by atoms with Crippen LogP contribution < -0.4 is 15.4 Å². The Morgan fingerprint density at radius 3 is 2.32 bits per heavy atom. The van der Waals surface area contributed by atoms with Gasteiger partial charge in [-0.25, -0.2) is 9.97 Å². The van der Waals surface area contributed by atoms with Gasteiger partial charge in [0, 0.05) is 30.2 Å². The molecule has 5 aromatic rings. The summed E-state index contributed by atoms with van der Waals surface area (Å²) in [6.07, 6.45) is 5.02. The monoisotopic (exact) mass is 878 g/mol. The second-order valence-electron chi connectivity index (χ2n) is 16.7. The van der Waals surface area contributed by atoms with E-state index in [1.807, 2.05) is 126 Å². The first-order valence-electron chi connectivity index (χ1n) is 21.2. The molecule has 0 bridgehead atoms. The number of benzene rings is 2. The average Bonchev–Trinajstić information content (AvgIpc) is 3.88. The second kappa shape index (κ2) is 22.2. The predicted molar refractivity (Wildman–Crippen MR) is 244 cm³/mol. The van der Waals surface area contributed by atoms with Gasteiger partial charge in [-0.15, -0.1) is 11.3 Å². The molecule has 6 rings (SSSR count). The number of aliphatic hydroxyl groups excluding tert-OH is 1. The van der Waals surface area contributed by atoms with Gasteiger partial charge in [-0.1, -0.05) is 57.2 Å². The van der Waals surface area contributed by atoms with Gasteiger partial charge in [-0.2, -0.15) is 0 Å². The summed E-state index contributed by atoms with van der Waals surface area (Å²) < 4.78 is 22.6. The van der Waals surface area contributed by atoms with Crippen LogP contribution in [0, 0.1) is 19.3 Å². The number of hydrogen-bond donors (Lipinski definition) is 3. The van der Waals surface area contributed by atoms with Crippen LogP contribution in [-0.2, 0) is 28.6 Å². The minimum atomic E-state index is -0.964. The van der Waals surface area contributed by atoms with E-state index < -0.39 is 35.4 Å². The lowest BCUT2D eigenvalue weighted by molar-refractivity contribution is -0.144. The fraction of sp³-hybridized carbons (Fsp3) is 0.417. The van der Waals surface area contributed by atoms with E-state index >= 15 is 0 Å². The standard InChI is InChI=1S/C48H58N6O8S/c1-31-25-34(17-18-49-31)7-13-38-14-12-37-26-40(15-16-41(37)52-38)62-24-23-60-20-19-59-21-22-61-29-43(56)53-45(48(4,5)6)47(58)54-28-39(55)27-42(54)46(57)51-32(2)35-8-10-36(11-9-35)44-33(3)50-30-63-44/h7-18,25-26,30,32,39,42,45,55H,19-24,27-29H2,1-6H3,(H,51,57)(H,53,56)/b13-7+/t32-,39+,42-,45+/m0/s1. The largest absolute Gasteiger partial charge is 0.491 e. The third-order valence-electron chi connectivity index (χ3n) is 10.6. The van der Waals surface area contributed by atoms with Gasteiger partial charge in [-0.05, 0) is 85.4 Å². The van der Waals surface area contributed by atoms with Crippen LogP contribution in [0.1, 0.15) is 68.4 Å². The Morgan fingerprint density at radius 2 is 1.62 bits per heavy atom. The summed E-state index contributed by atoms with van der Waals surface area (Å²) in [7, 11) is 0. The van der Waals surface area contributed by atoms with Crippen LogP contribution >= 0.6 is 11.3 Å². The summed E-state index contributed by atoms with van der Waals surface area (Å²) >= 11 is 1.57. The minimum Gasteiger partial charge on any atom is -0.491 e. The molecule has 0 unspecified atom stereocenters. The van der Waals surface area contributed by atoms with Crippen LogP contribution in [0.15, 0.2) is 78.4 Å². The first-order chi connectivity index (χ1) is 30.2. The summed E-state index contributed by atoms with van der Waals surface area (Å²) in [6, 6.07) is 19.5. The molecule has 3 N–H and O–H groups in total. The van der Waals surface area contributed by atoms with Gasteiger partial charge in [-0.3, -0.25) is 19.4 Å². The number of aromatic nitrogens is 3. The first-order valence-corrected chi connectivity index (χ1v) is 22.1. The van der Waals surface area contributed by atoms with Crippen LogP contribution in [0.25, 0.3) is 33.5 Å². The number of likely N-dealkylation sites (tertiary alicyclic amines) is 1. The molecule has 15 heteroatoms. The van der Waals surface area contributed by atoms with Gasteiger partial charge in [0.25, 0.3) is 0 Å². The molecule has 0 spiro atoms. The maximum absolute atomic E-state index is 14.0. The van der Waals surface area contributed by atoms with Crippen molar-refractivity contribution in [2.45, 2.75) is 72.2 Å². The van der Waals surface area contributed by atoms with Crippen molar-refractivity contribution < 1.29 is 38.4 Å². The molecule has 1 aliphatic rings. The number of ether oxygens (including phenoxy) is 4. The number of fused-ring (bicyclic) bond motifs is 1. The van der Waals surface area contributed by atoms with Gasteiger partial charge >= 0.3 is 0 Å². The van der Waals surface area contributed by atoms with E-state index in [-0.39, 0.29) is 44.7 Å². The zero-order valence-electron chi connectivity index (χ0n) is 36.8. The number of aryl methyl sites for hydroxylation is 2. The van der Waals surface area contributed by atoms with Crippen LogP contribution in [0.3, 0.4) is 0 Å². The van der Waals surface area contributed by atoms with E-state index in [1.54, 1.807) is 17.5 Å². The van der Waals surface area contributed by atoms with Crippen LogP contribution in [0.2, 0.25) is 0 Å². The number of carbonyl (C=O) groups is 3. The third-order valence-corrected chi connectivity index (χ3v) is 11.6. The number of amides is 3. The molecule has 3 amide bonds. The number of thiazole rings is 1. The Morgan fingerprint density at radius 1 is 0.889 bits per heavy atom. The number of nitrogens with zero attached hydrogens (tertiary/aromatic N) is 4. The van der Waals surface area contributed by atoms with Crippen molar-refractivity contribution in [3.63, 3.8) is 0 Å². The van der Waals surface area contributed by atoms with E-state index in [4.69, 9.17) is 23.9 Å². The number of nitrogens with one attached hydrogen (secondary N) is 2. The van der Waals surface area contributed by atoms with Crippen molar-refractivity contribution in [2.75, 3.05) is 52.8 Å². The molecule has 3 aromatic heterocycles. The molecule has 63 heavy (non-hydrogen) atoms. The van der Waals surface area contributed by atoms with Crippen molar-refractivity contribution >= 4 is 52.1 Å². The molecule has 1 aliphatic heterocycles. The zero-order valence-corrected chi connectivity index (χ0v) is 37.7. The molecule has 334 valence electrons. The summed E-state index contributed by atoms with van der Waals surface area (Å²) in [5.41, 5.74) is 7.81. The van der Waals surface area contributed by atoms with E-state index in [0.29, 0.717) is 26.4 Å². The van der Waals surface area contributed by atoms with E-state index in [0.717, 1.165) is 55.3 Å². The molecule has 1 saturated heterocycles. The maximum Gasteiger partial charge on any atom is 0.246 e. The van der Waals surface area contributed by atoms with E-state index in [9.17, 15) is 19.5 Å². The number of rotatable bonds is 20. The molecular weight excluding hydrogens is 821 g/mol. The summed E-state index contributed by atoms with van der Waals surface area (Å²) in [4.78, 5) is 56.3. The summed E-state index contributed by atoms with van der Waals surface area (Å²) in [6.45, 7) is 12.9. The van der Waals surface area contributed by atoms with E-state index in [2.05, 4.69) is 20.6 Å². The summed E-state index contributed by atoms with van der Waals surface area (Å²) in [5, 5.41) is 17.4. The molecule has 0 saturated carbocycles. The van der Waals surface area contributed by atoms with Gasteiger partial charge in [0.2, 0.25) is 17.7 Å². The molecule has 14 nitrogen and oxygen atoms in total. The Bertz CT molecular complexity index is 2350. The van der Waals surface area contributed by atoms with E-state index in [1.165, 1.54) is 4.90 Å². The second-order valence-corrected chi connectivity index (χ2v) is 17.5. The van der Waals surface area contributed by atoms with Gasteiger partial charge in [0.05, 0.1) is 72.5 Å². The molecule has 1 fully saturated rings. The molecule has 4 atom stereocenters. The van der Waals surface area contributed by atoms with Crippen molar-refractivity contribution in [3.8, 4) is 16.2 Å². The molecular formula is C48H58N6O8S. The minimum absolute atomic E-state index is 0.0162. The van der Waals surface area contributed by atoms with Gasteiger partial charge in [0.15, 0.2) is 0 Å². The number of hydrogen-bond acceptors (Lipinski definition) is 12. The molecule has 0 aliphatic carbocycles. The lowest BCUT2D eigenvalue weighted by atomic mass is 9.85. The first kappa shape index (κ1) is 46.9. The lowest BCUT2D eigenvalue weighted by Gasteiger charge is -2.35. The Hall–Kier alpha value is -5.58. The molecule has 0 radical (unpaired) electrons. The molecule has 2 aromatic carbocycles. The number of β-amino-alcohol motifs (C(OH)–C–C–N with tert-alkyl or cyclic N) is 1. The molecule has 4 heterocycles. The highest BCUT2D eigenvalue weighted by molar-refractivity contribution is 7.13. The van der Waals surface area contributed by atoms with Crippen LogP contribution in [0.4, 0.5) is 0 Å². The van der Waals surface area contributed by atoms with Crippen molar-refractivity contribution in [1.29, 1.82) is 0 Å². The number of carbonyl (C=O) groups excluding carboxylic acids is 3. The summed E-state index contributed by atoms with van der Waals surface area (Å²) in [5.74, 6) is -0.559. The average molecular weight is 879 g/mol.